The molecule has 0 aliphatic carbocycles. The van der Waals surface area contributed by atoms with E-state index in [0.717, 1.165) is 10.2 Å². The van der Waals surface area contributed by atoms with Crippen molar-refractivity contribution in [2.24, 2.45) is 0 Å². The number of sulfone groups is 1. The van der Waals surface area contributed by atoms with Crippen LogP contribution in [0.25, 0.3) is 10.2 Å². The molecule has 0 saturated heterocycles. The van der Waals surface area contributed by atoms with Gasteiger partial charge in [0, 0.05) is 25.6 Å². The van der Waals surface area contributed by atoms with Crippen molar-refractivity contribution in [3.8, 4) is 5.75 Å². The average Bonchev–Trinajstić information content (AvgIpc) is 3.15. The fourth-order valence-electron chi connectivity index (χ4n) is 2.87. The maximum absolute atomic E-state index is 13.0. The van der Waals surface area contributed by atoms with Gasteiger partial charge in [0.05, 0.1) is 28.0 Å². The first kappa shape index (κ1) is 22.2. The lowest BCUT2D eigenvalue weighted by Crippen LogP contribution is -2.37. The molecule has 0 aliphatic heterocycles. The first-order valence-corrected chi connectivity index (χ1v) is 11.9. The summed E-state index contributed by atoms with van der Waals surface area (Å²) in [5.41, 5.74) is 0.744. The van der Waals surface area contributed by atoms with E-state index in [-0.39, 0.29) is 23.0 Å². The summed E-state index contributed by atoms with van der Waals surface area (Å²) in [6.07, 6.45) is -0.107. The van der Waals surface area contributed by atoms with Gasteiger partial charge in [0.2, 0.25) is 5.91 Å². The van der Waals surface area contributed by atoms with Crippen molar-refractivity contribution >= 4 is 42.4 Å². The Morgan fingerprint density at radius 1 is 1.10 bits per heavy atom. The van der Waals surface area contributed by atoms with Gasteiger partial charge in [0.25, 0.3) is 0 Å². The molecule has 2 aromatic carbocycles. The minimum absolute atomic E-state index is 0.107. The number of hydrogen-bond donors (Lipinski definition) is 0. The van der Waals surface area contributed by atoms with E-state index in [2.05, 4.69) is 4.98 Å². The van der Waals surface area contributed by atoms with Gasteiger partial charge in [-0.1, -0.05) is 29.5 Å². The molecule has 160 valence electrons. The van der Waals surface area contributed by atoms with E-state index in [1.54, 1.807) is 42.3 Å². The smallest absolute Gasteiger partial charge is 0.229 e. The number of fused-ring (bicyclic) bond motifs is 1. The normalized spacial score (nSPS) is 11.7. The number of hydrogen-bond acceptors (Lipinski definition) is 7. The molecule has 0 bridgehead atoms. The molecule has 0 atom stereocenters. The molecule has 7 nitrogen and oxygen atoms in total. The van der Waals surface area contributed by atoms with Gasteiger partial charge >= 0.3 is 0 Å². The summed E-state index contributed by atoms with van der Waals surface area (Å²) in [6.45, 7) is 1.06. The number of ether oxygens (including phenoxy) is 1. The lowest BCUT2D eigenvalue weighted by Gasteiger charge is -2.22. The zero-order chi connectivity index (χ0) is 21.7. The molecule has 0 radical (unpaired) electrons. The Hall–Kier alpha value is -2.49. The SMILES string of the molecule is COc1ccc2sc(N(CCN(C)C)C(=O)CCS(=O)(=O)c3ccccc3)nc2c1. The second-order valence-corrected chi connectivity index (χ2v) is 10.2. The maximum atomic E-state index is 13.0. The predicted octanol–water partition coefficient (Wildman–Crippen LogP) is 3.06. The summed E-state index contributed by atoms with van der Waals surface area (Å²) in [6, 6.07) is 13.8. The van der Waals surface area contributed by atoms with E-state index < -0.39 is 9.84 Å². The number of amides is 1. The van der Waals surface area contributed by atoms with E-state index in [9.17, 15) is 13.2 Å². The molecule has 30 heavy (non-hydrogen) atoms. The summed E-state index contributed by atoms with van der Waals surface area (Å²) >= 11 is 1.40. The van der Waals surface area contributed by atoms with Crippen LogP contribution in [-0.4, -0.2) is 64.3 Å². The van der Waals surface area contributed by atoms with Crippen LogP contribution in [0.15, 0.2) is 53.4 Å². The Morgan fingerprint density at radius 3 is 2.50 bits per heavy atom. The molecule has 0 aliphatic rings. The van der Waals surface area contributed by atoms with Crippen LogP contribution in [-0.2, 0) is 14.6 Å². The standard InChI is InChI=1S/C21H25N3O4S2/c1-23(2)12-13-24(21-22-18-15-16(28-3)9-10-19(18)29-21)20(25)11-14-30(26,27)17-7-5-4-6-8-17/h4-10,15H,11-14H2,1-3H3. The highest BCUT2D eigenvalue weighted by Crippen LogP contribution is 2.31. The number of thiazole rings is 1. The lowest BCUT2D eigenvalue weighted by molar-refractivity contribution is -0.118. The number of carbonyl (C=O) groups excluding carboxylic acids is 1. The summed E-state index contributed by atoms with van der Waals surface area (Å²) in [5.74, 6) is 0.189. The van der Waals surface area contributed by atoms with Crippen LogP contribution in [0.3, 0.4) is 0 Å². The Balaban J connectivity index is 1.81. The minimum atomic E-state index is -3.53. The molecule has 0 fully saturated rings. The number of rotatable bonds is 9. The summed E-state index contributed by atoms with van der Waals surface area (Å²) in [5, 5.41) is 0.558. The van der Waals surface area contributed by atoms with Crippen LogP contribution in [0.4, 0.5) is 5.13 Å². The fourth-order valence-corrected chi connectivity index (χ4v) is 5.11. The van der Waals surface area contributed by atoms with Gasteiger partial charge in [0.15, 0.2) is 15.0 Å². The molecular weight excluding hydrogens is 422 g/mol. The largest absolute Gasteiger partial charge is 0.497 e. The van der Waals surface area contributed by atoms with E-state index in [0.29, 0.717) is 24.0 Å². The van der Waals surface area contributed by atoms with Crippen LogP contribution in [0.5, 0.6) is 5.75 Å². The Kier molecular flexibility index (Phi) is 7.06. The van der Waals surface area contributed by atoms with Crippen molar-refractivity contribution in [1.82, 2.24) is 9.88 Å². The highest BCUT2D eigenvalue weighted by atomic mass is 32.2. The van der Waals surface area contributed by atoms with Crippen molar-refractivity contribution in [3.63, 3.8) is 0 Å². The number of likely N-dealkylation sites (N-methyl/N-ethyl adjacent to an activating group) is 1. The third kappa shape index (κ3) is 5.35. The topological polar surface area (TPSA) is 79.8 Å². The molecule has 3 aromatic rings. The van der Waals surface area contributed by atoms with Gasteiger partial charge in [-0.3, -0.25) is 9.69 Å². The molecule has 0 saturated carbocycles. The summed E-state index contributed by atoms with van der Waals surface area (Å²) in [4.78, 5) is 21.4. The van der Waals surface area contributed by atoms with Crippen molar-refractivity contribution in [3.05, 3.63) is 48.5 Å². The molecule has 0 spiro atoms. The third-order valence-electron chi connectivity index (χ3n) is 4.57. The van der Waals surface area contributed by atoms with Gasteiger partial charge in [-0.2, -0.15) is 0 Å². The monoisotopic (exact) mass is 447 g/mol. The molecular formula is C21H25N3O4S2. The van der Waals surface area contributed by atoms with Crippen molar-refractivity contribution < 1.29 is 17.9 Å². The van der Waals surface area contributed by atoms with Crippen LogP contribution in [0, 0.1) is 0 Å². The van der Waals surface area contributed by atoms with Crippen molar-refractivity contribution in [2.45, 2.75) is 11.3 Å². The number of nitrogens with zero attached hydrogens (tertiary/aromatic N) is 3. The summed E-state index contributed by atoms with van der Waals surface area (Å²) < 4.78 is 31.3. The number of methoxy groups -OCH3 is 1. The first-order valence-electron chi connectivity index (χ1n) is 9.47. The lowest BCUT2D eigenvalue weighted by atomic mass is 10.3. The molecule has 3 rings (SSSR count). The highest BCUT2D eigenvalue weighted by Gasteiger charge is 2.23. The van der Waals surface area contributed by atoms with Crippen molar-refractivity contribution in [1.29, 1.82) is 0 Å². The Labute approximate surface area is 180 Å². The van der Waals surface area contributed by atoms with Crippen LogP contribution in [0.1, 0.15) is 6.42 Å². The van der Waals surface area contributed by atoms with Gasteiger partial charge < -0.3 is 9.64 Å². The highest BCUT2D eigenvalue weighted by molar-refractivity contribution is 7.91. The van der Waals surface area contributed by atoms with Gasteiger partial charge in [-0.05, 0) is 38.4 Å². The van der Waals surface area contributed by atoms with Gasteiger partial charge in [-0.15, -0.1) is 0 Å². The zero-order valence-corrected chi connectivity index (χ0v) is 18.9. The number of aromatic nitrogens is 1. The molecule has 0 unspecified atom stereocenters. The van der Waals surface area contributed by atoms with Crippen LogP contribution >= 0.6 is 11.3 Å². The molecule has 1 heterocycles. The van der Waals surface area contributed by atoms with Crippen molar-refractivity contribution in [2.75, 3.05) is 44.9 Å². The predicted molar refractivity (Wildman–Crippen MR) is 120 cm³/mol. The Morgan fingerprint density at radius 2 is 1.83 bits per heavy atom. The maximum Gasteiger partial charge on any atom is 0.229 e. The van der Waals surface area contributed by atoms with Crippen LogP contribution < -0.4 is 9.64 Å². The van der Waals surface area contributed by atoms with Gasteiger partial charge in [0.1, 0.15) is 5.75 Å². The van der Waals surface area contributed by atoms with Gasteiger partial charge in [-0.25, -0.2) is 13.4 Å². The molecule has 9 heteroatoms. The molecule has 0 N–H and O–H groups in total. The molecule has 1 aromatic heterocycles. The first-order chi connectivity index (χ1) is 14.3. The second-order valence-electron chi connectivity index (χ2n) is 7.06. The van der Waals surface area contributed by atoms with E-state index in [1.807, 2.05) is 37.2 Å². The van der Waals surface area contributed by atoms with E-state index >= 15 is 0 Å². The van der Waals surface area contributed by atoms with E-state index in [4.69, 9.17) is 4.74 Å². The van der Waals surface area contributed by atoms with Crippen LogP contribution in [0.2, 0.25) is 0 Å². The minimum Gasteiger partial charge on any atom is -0.497 e. The number of carbonyl (C=O) groups is 1. The third-order valence-corrected chi connectivity index (χ3v) is 7.36. The number of benzene rings is 2. The number of anilines is 1. The zero-order valence-electron chi connectivity index (χ0n) is 17.2. The fraction of sp³-hybridized carbons (Fsp3) is 0.333. The second kappa shape index (κ2) is 9.55. The molecule has 1 amide bonds. The quantitative estimate of drug-likeness (QED) is 0.502. The Bertz CT molecular complexity index is 1110. The summed E-state index contributed by atoms with van der Waals surface area (Å²) in [7, 11) is 1.91. The average molecular weight is 448 g/mol. The van der Waals surface area contributed by atoms with E-state index in [1.165, 1.54) is 11.3 Å².